The average Bonchev–Trinajstić information content (AvgIpc) is 3.46. The zero-order valence-electron chi connectivity index (χ0n) is 22.6. The molecule has 4 saturated carbocycles. The zero-order valence-corrected chi connectivity index (χ0v) is 22.6. The van der Waals surface area contributed by atoms with Gasteiger partial charge in [0.1, 0.15) is 5.75 Å². The Labute approximate surface area is 220 Å². The standard InChI is InChI=1S/C30H43FN2O4/c1-4-36-24-16-23(31)25(37-21-10-6-18(2)7-11-21)15-22(24)28(34)33-27-20-9-8-19(14-20)26(27)29(35)32-17-30(3)12-5-13-30/h15-16,18-21,26-27H,4-14,17H2,1-3H3,(H,32,35)(H,33,34)/t18?,19-,20+,21?,26+,27-/m1/s1. The first kappa shape index (κ1) is 26.3. The number of nitrogens with one attached hydrogen (secondary N) is 2. The molecule has 0 unspecified atom stereocenters. The maximum Gasteiger partial charge on any atom is 0.255 e. The second-order valence-electron chi connectivity index (χ2n) is 12.5. The molecule has 0 aromatic heterocycles. The summed E-state index contributed by atoms with van der Waals surface area (Å²) in [5, 5.41) is 6.39. The van der Waals surface area contributed by atoms with Crippen LogP contribution in [0.3, 0.4) is 0 Å². The van der Waals surface area contributed by atoms with Gasteiger partial charge in [-0.1, -0.05) is 20.3 Å². The lowest BCUT2D eigenvalue weighted by atomic mass is 9.70. The molecule has 0 saturated heterocycles. The summed E-state index contributed by atoms with van der Waals surface area (Å²) in [6, 6.07) is 2.54. The number of carbonyl (C=O) groups excluding carboxylic acids is 2. The predicted octanol–water partition coefficient (Wildman–Crippen LogP) is 5.63. The van der Waals surface area contributed by atoms with E-state index in [1.54, 1.807) is 0 Å². The van der Waals surface area contributed by atoms with E-state index in [2.05, 4.69) is 24.5 Å². The van der Waals surface area contributed by atoms with Crippen molar-refractivity contribution in [2.45, 2.75) is 97.1 Å². The van der Waals surface area contributed by atoms with Gasteiger partial charge in [0.15, 0.2) is 11.6 Å². The third-order valence-electron chi connectivity index (χ3n) is 9.60. The summed E-state index contributed by atoms with van der Waals surface area (Å²) < 4.78 is 26.7. The minimum Gasteiger partial charge on any atom is -0.493 e. The van der Waals surface area contributed by atoms with Gasteiger partial charge in [0, 0.05) is 18.7 Å². The second kappa shape index (κ2) is 10.8. The fourth-order valence-electron chi connectivity index (χ4n) is 7.09. The highest BCUT2D eigenvalue weighted by Crippen LogP contribution is 2.49. The Morgan fingerprint density at radius 2 is 1.78 bits per heavy atom. The molecule has 4 aliphatic rings. The third kappa shape index (κ3) is 5.61. The molecule has 2 bridgehead atoms. The van der Waals surface area contributed by atoms with E-state index in [0.717, 1.165) is 57.8 Å². The van der Waals surface area contributed by atoms with Gasteiger partial charge in [-0.25, -0.2) is 4.39 Å². The molecule has 1 aromatic carbocycles. The molecular weight excluding hydrogens is 471 g/mol. The van der Waals surface area contributed by atoms with Crippen molar-refractivity contribution in [1.29, 1.82) is 0 Å². The van der Waals surface area contributed by atoms with Gasteiger partial charge in [-0.2, -0.15) is 0 Å². The third-order valence-corrected chi connectivity index (χ3v) is 9.60. The fourth-order valence-corrected chi connectivity index (χ4v) is 7.09. The van der Waals surface area contributed by atoms with Crippen LogP contribution in [0.5, 0.6) is 11.5 Å². The predicted molar refractivity (Wildman–Crippen MR) is 140 cm³/mol. The van der Waals surface area contributed by atoms with Crippen LogP contribution < -0.4 is 20.1 Å². The molecule has 4 fully saturated rings. The number of rotatable bonds is 9. The van der Waals surface area contributed by atoms with Crippen LogP contribution in [0.4, 0.5) is 4.39 Å². The Hall–Kier alpha value is -2.31. The second-order valence-corrected chi connectivity index (χ2v) is 12.5. The number of benzene rings is 1. The Balaban J connectivity index is 1.31. The normalized spacial score (nSPS) is 31.9. The Morgan fingerprint density at radius 1 is 1.05 bits per heavy atom. The number of ether oxygens (including phenoxy) is 2. The van der Waals surface area contributed by atoms with E-state index in [0.29, 0.717) is 30.9 Å². The smallest absolute Gasteiger partial charge is 0.255 e. The van der Waals surface area contributed by atoms with E-state index in [1.165, 1.54) is 18.6 Å². The first-order valence-corrected chi connectivity index (χ1v) is 14.5. The Morgan fingerprint density at radius 3 is 2.46 bits per heavy atom. The number of carbonyl (C=O) groups is 2. The van der Waals surface area contributed by atoms with Gasteiger partial charge < -0.3 is 20.1 Å². The van der Waals surface area contributed by atoms with E-state index in [9.17, 15) is 14.0 Å². The lowest BCUT2D eigenvalue weighted by molar-refractivity contribution is -0.128. The highest BCUT2D eigenvalue weighted by molar-refractivity contribution is 5.98. The van der Waals surface area contributed by atoms with E-state index < -0.39 is 5.82 Å². The van der Waals surface area contributed by atoms with Gasteiger partial charge in [0.05, 0.1) is 24.2 Å². The van der Waals surface area contributed by atoms with Crippen molar-refractivity contribution >= 4 is 11.8 Å². The zero-order chi connectivity index (χ0) is 26.2. The average molecular weight is 515 g/mol. The molecule has 6 nitrogen and oxygen atoms in total. The topological polar surface area (TPSA) is 76.7 Å². The van der Waals surface area contributed by atoms with Gasteiger partial charge in [-0.3, -0.25) is 9.59 Å². The first-order valence-electron chi connectivity index (χ1n) is 14.5. The van der Waals surface area contributed by atoms with Crippen LogP contribution in [0.15, 0.2) is 12.1 Å². The molecule has 0 aliphatic heterocycles. The lowest BCUT2D eigenvalue weighted by Gasteiger charge is -2.39. The SMILES string of the molecule is CCOc1cc(F)c(OC2CCC(C)CC2)cc1C(=O)N[C@@H]1[C@H]2CC[C@H](C2)[C@@H]1C(=O)NCC1(C)CCC1. The molecular formula is C30H43FN2O4. The van der Waals surface area contributed by atoms with Gasteiger partial charge in [-0.15, -0.1) is 0 Å². The van der Waals surface area contributed by atoms with Crippen molar-refractivity contribution in [2.24, 2.45) is 29.1 Å². The van der Waals surface area contributed by atoms with Crippen LogP contribution in [0.25, 0.3) is 0 Å². The first-order chi connectivity index (χ1) is 17.8. The molecule has 2 amide bonds. The number of hydrogen-bond acceptors (Lipinski definition) is 4. The van der Waals surface area contributed by atoms with Crippen molar-refractivity contribution in [3.05, 3.63) is 23.5 Å². The molecule has 7 heteroatoms. The molecule has 2 N–H and O–H groups in total. The van der Waals surface area contributed by atoms with E-state index >= 15 is 0 Å². The molecule has 204 valence electrons. The largest absolute Gasteiger partial charge is 0.493 e. The number of amides is 2. The summed E-state index contributed by atoms with van der Waals surface area (Å²) in [7, 11) is 0. The maximum atomic E-state index is 15.0. The molecule has 4 atom stereocenters. The van der Waals surface area contributed by atoms with Crippen LogP contribution in [0.1, 0.15) is 95.3 Å². The van der Waals surface area contributed by atoms with Gasteiger partial charge >= 0.3 is 0 Å². The van der Waals surface area contributed by atoms with Crippen LogP contribution in [0.2, 0.25) is 0 Å². The molecule has 37 heavy (non-hydrogen) atoms. The van der Waals surface area contributed by atoms with E-state index in [1.807, 2.05) is 6.92 Å². The molecule has 4 aliphatic carbocycles. The quantitative estimate of drug-likeness (QED) is 0.448. The van der Waals surface area contributed by atoms with Gasteiger partial charge in [0.2, 0.25) is 5.91 Å². The van der Waals surface area contributed by atoms with Crippen LogP contribution in [-0.2, 0) is 4.79 Å². The summed E-state index contributed by atoms with van der Waals surface area (Å²) in [6.45, 7) is 7.29. The van der Waals surface area contributed by atoms with E-state index in [-0.39, 0.29) is 52.4 Å². The Bertz CT molecular complexity index is 1000. The summed E-state index contributed by atoms with van der Waals surface area (Å²) in [6.07, 6.45) is 10.4. The van der Waals surface area contributed by atoms with Crippen LogP contribution in [0, 0.1) is 34.9 Å². The molecule has 1 aromatic rings. The van der Waals surface area contributed by atoms with Crippen molar-refractivity contribution < 1.29 is 23.5 Å². The molecule has 0 heterocycles. The summed E-state index contributed by atoms with van der Waals surface area (Å²) in [5.74, 6) is 0.569. The summed E-state index contributed by atoms with van der Waals surface area (Å²) >= 11 is 0. The summed E-state index contributed by atoms with van der Waals surface area (Å²) in [5.41, 5.74) is 0.477. The molecule has 0 spiro atoms. The molecule has 5 rings (SSSR count). The van der Waals surface area contributed by atoms with Crippen molar-refractivity contribution in [3.63, 3.8) is 0 Å². The van der Waals surface area contributed by atoms with Gasteiger partial charge in [0.25, 0.3) is 5.91 Å². The minimum absolute atomic E-state index is 0.0456. The summed E-state index contributed by atoms with van der Waals surface area (Å²) in [4.78, 5) is 26.9. The van der Waals surface area contributed by atoms with Crippen molar-refractivity contribution in [2.75, 3.05) is 13.2 Å². The van der Waals surface area contributed by atoms with Crippen LogP contribution >= 0.6 is 0 Å². The minimum atomic E-state index is -0.514. The highest BCUT2D eigenvalue weighted by Gasteiger charge is 2.51. The van der Waals surface area contributed by atoms with Crippen molar-refractivity contribution in [1.82, 2.24) is 10.6 Å². The fraction of sp³-hybridized carbons (Fsp3) is 0.733. The maximum absolute atomic E-state index is 15.0. The molecule has 0 radical (unpaired) electrons. The highest BCUT2D eigenvalue weighted by atomic mass is 19.1. The Kier molecular flexibility index (Phi) is 7.69. The van der Waals surface area contributed by atoms with Gasteiger partial charge in [-0.05, 0) is 93.9 Å². The van der Waals surface area contributed by atoms with Crippen molar-refractivity contribution in [3.8, 4) is 11.5 Å². The van der Waals surface area contributed by atoms with E-state index in [4.69, 9.17) is 9.47 Å². The number of hydrogen-bond donors (Lipinski definition) is 2. The lowest BCUT2D eigenvalue weighted by Crippen LogP contribution is -2.51. The monoisotopic (exact) mass is 514 g/mol. The number of fused-ring (bicyclic) bond motifs is 2. The van der Waals surface area contributed by atoms with Crippen LogP contribution in [-0.4, -0.2) is 37.1 Å². The number of halogens is 1.